The number of hydrogen-bond donors (Lipinski definition) is 2. The van der Waals surface area contributed by atoms with Gasteiger partial charge in [0.1, 0.15) is 12.3 Å². The van der Waals surface area contributed by atoms with Crippen LogP contribution in [0, 0.1) is 0 Å². The van der Waals surface area contributed by atoms with Crippen LogP contribution < -0.4 is 11.1 Å². The molecule has 1 aromatic heterocycles. The highest BCUT2D eigenvalue weighted by Crippen LogP contribution is 2.08. The molecule has 1 aliphatic heterocycles. The Labute approximate surface area is 142 Å². The van der Waals surface area contributed by atoms with Crippen LogP contribution in [0.1, 0.15) is 31.4 Å². The number of carbonyl (C=O) groups excluding carboxylic acids is 1. The van der Waals surface area contributed by atoms with Crippen LogP contribution >= 0.6 is 24.0 Å². The van der Waals surface area contributed by atoms with Crippen LogP contribution in [-0.4, -0.2) is 36.4 Å². The molecule has 0 radical (unpaired) electrons. The molecule has 1 aromatic rings. The third-order valence-electron chi connectivity index (χ3n) is 3.35. The zero-order chi connectivity index (χ0) is 14.2. The molecule has 1 saturated heterocycles. The first-order valence-corrected chi connectivity index (χ1v) is 7.09. The summed E-state index contributed by atoms with van der Waals surface area (Å²) in [5.41, 5.74) is 5.93. The van der Waals surface area contributed by atoms with Crippen molar-refractivity contribution in [1.29, 1.82) is 0 Å². The number of halogens is 1. The topological polar surface area (TPSA) is 83.9 Å². The highest BCUT2D eigenvalue weighted by Gasteiger charge is 2.11. The number of guanidine groups is 1. The highest BCUT2D eigenvalue weighted by molar-refractivity contribution is 14.0. The summed E-state index contributed by atoms with van der Waals surface area (Å²) in [6.45, 7) is 2.31. The lowest BCUT2D eigenvalue weighted by Crippen LogP contribution is -2.39. The van der Waals surface area contributed by atoms with E-state index < -0.39 is 0 Å². The van der Waals surface area contributed by atoms with Gasteiger partial charge in [-0.1, -0.05) is 12.8 Å². The van der Waals surface area contributed by atoms with Crippen LogP contribution in [0.5, 0.6) is 0 Å². The third-order valence-corrected chi connectivity index (χ3v) is 3.35. The van der Waals surface area contributed by atoms with E-state index in [1.807, 2.05) is 6.07 Å². The number of amides is 1. The second-order valence-corrected chi connectivity index (χ2v) is 4.93. The minimum Gasteiger partial charge on any atom is -0.467 e. The minimum absolute atomic E-state index is 0. The van der Waals surface area contributed by atoms with E-state index in [-0.39, 0.29) is 36.4 Å². The van der Waals surface area contributed by atoms with E-state index in [1.54, 1.807) is 12.3 Å². The molecular formula is C14H23IN4O2. The summed E-state index contributed by atoms with van der Waals surface area (Å²) < 4.78 is 5.14. The molecule has 2 heterocycles. The number of aliphatic imine (C=N–C) groups is 1. The minimum atomic E-state index is -0.154. The first-order valence-electron chi connectivity index (χ1n) is 7.09. The molecule has 21 heavy (non-hydrogen) atoms. The maximum absolute atomic E-state index is 11.7. The van der Waals surface area contributed by atoms with Gasteiger partial charge in [0, 0.05) is 13.1 Å². The summed E-state index contributed by atoms with van der Waals surface area (Å²) >= 11 is 0. The van der Waals surface area contributed by atoms with E-state index in [0.29, 0.717) is 12.5 Å². The molecular weight excluding hydrogens is 383 g/mol. The number of furan rings is 1. The molecule has 0 saturated carbocycles. The lowest BCUT2D eigenvalue weighted by atomic mass is 10.2. The molecule has 3 N–H and O–H groups in total. The Balaban J connectivity index is 0.00000220. The first kappa shape index (κ1) is 17.8. The molecule has 0 unspecified atom stereocenters. The van der Waals surface area contributed by atoms with Gasteiger partial charge in [-0.25, -0.2) is 4.99 Å². The van der Waals surface area contributed by atoms with Gasteiger partial charge in [-0.2, -0.15) is 0 Å². The standard InChI is InChI=1S/C14H22N4O2.HI/c15-14(18-7-3-1-2-4-8-18)17-11-13(19)16-10-12-6-5-9-20-12;/h5-6,9H,1-4,7-8,10-11H2,(H2,15,17)(H,16,19);1H. The summed E-state index contributed by atoms with van der Waals surface area (Å²) in [6.07, 6.45) is 6.35. The summed E-state index contributed by atoms with van der Waals surface area (Å²) in [5, 5.41) is 2.74. The van der Waals surface area contributed by atoms with Crippen LogP contribution in [-0.2, 0) is 11.3 Å². The predicted octanol–water partition coefficient (Wildman–Crippen LogP) is 1.70. The molecule has 7 heteroatoms. The van der Waals surface area contributed by atoms with Crippen LogP contribution in [0.3, 0.4) is 0 Å². The molecule has 0 bridgehead atoms. The van der Waals surface area contributed by atoms with Crippen molar-refractivity contribution in [2.45, 2.75) is 32.2 Å². The average molecular weight is 406 g/mol. The smallest absolute Gasteiger partial charge is 0.242 e. The number of carbonyl (C=O) groups is 1. The molecule has 1 amide bonds. The molecule has 0 aromatic carbocycles. The number of nitrogens with zero attached hydrogens (tertiary/aromatic N) is 2. The highest BCUT2D eigenvalue weighted by atomic mass is 127. The van der Waals surface area contributed by atoms with Crippen molar-refractivity contribution in [3.63, 3.8) is 0 Å². The van der Waals surface area contributed by atoms with Crippen molar-refractivity contribution in [2.24, 2.45) is 10.7 Å². The second-order valence-electron chi connectivity index (χ2n) is 4.93. The van der Waals surface area contributed by atoms with Gasteiger partial charge in [0.2, 0.25) is 5.91 Å². The van der Waals surface area contributed by atoms with Crippen LogP contribution in [0.4, 0.5) is 0 Å². The van der Waals surface area contributed by atoms with Gasteiger partial charge < -0.3 is 20.4 Å². The maximum atomic E-state index is 11.7. The van der Waals surface area contributed by atoms with Gasteiger partial charge in [-0.3, -0.25) is 4.79 Å². The van der Waals surface area contributed by atoms with E-state index in [4.69, 9.17) is 10.2 Å². The van der Waals surface area contributed by atoms with Crippen molar-refractivity contribution < 1.29 is 9.21 Å². The second kappa shape index (κ2) is 9.64. The zero-order valence-corrected chi connectivity index (χ0v) is 14.4. The summed E-state index contributed by atoms with van der Waals surface area (Å²) in [6, 6.07) is 3.60. The monoisotopic (exact) mass is 406 g/mol. The zero-order valence-electron chi connectivity index (χ0n) is 12.1. The van der Waals surface area contributed by atoms with Gasteiger partial charge in [-0.15, -0.1) is 24.0 Å². The van der Waals surface area contributed by atoms with Crippen molar-refractivity contribution in [1.82, 2.24) is 10.2 Å². The van der Waals surface area contributed by atoms with Crippen LogP contribution in [0.15, 0.2) is 27.8 Å². The van der Waals surface area contributed by atoms with Crippen molar-refractivity contribution >= 4 is 35.8 Å². The fourth-order valence-corrected chi connectivity index (χ4v) is 2.21. The first-order chi connectivity index (χ1) is 9.75. The Kier molecular flexibility index (Phi) is 8.17. The van der Waals surface area contributed by atoms with E-state index in [1.165, 1.54) is 12.8 Å². The third kappa shape index (κ3) is 6.36. The SMILES string of the molecule is I.NC(=NCC(=O)NCc1ccco1)N1CCCCCC1. The Morgan fingerprint density at radius 2 is 2.05 bits per heavy atom. The van der Waals surface area contributed by atoms with E-state index in [9.17, 15) is 4.79 Å². The predicted molar refractivity (Wildman–Crippen MR) is 92.5 cm³/mol. The van der Waals surface area contributed by atoms with Crippen molar-refractivity contribution in [3.8, 4) is 0 Å². The Bertz CT molecular complexity index is 440. The number of nitrogens with two attached hydrogens (primary N) is 1. The quantitative estimate of drug-likeness (QED) is 0.453. The lowest BCUT2D eigenvalue weighted by Gasteiger charge is -2.20. The fourth-order valence-electron chi connectivity index (χ4n) is 2.21. The Hall–Kier alpha value is -1.25. The lowest BCUT2D eigenvalue weighted by molar-refractivity contribution is -0.119. The Morgan fingerprint density at radius 3 is 2.67 bits per heavy atom. The fraction of sp³-hybridized carbons (Fsp3) is 0.571. The van der Waals surface area contributed by atoms with E-state index >= 15 is 0 Å². The Morgan fingerprint density at radius 1 is 1.33 bits per heavy atom. The normalized spacial score (nSPS) is 16.0. The molecule has 6 nitrogen and oxygen atoms in total. The van der Waals surface area contributed by atoms with Crippen molar-refractivity contribution in [3.05, 3.63) is 24.2 Å². The number of hydrogen-bond acceptors (Lipinski definition) is 3. The van der Waals surface area contributed by atoms with Gasteiger partial charge in [0.05, 0.1) is 12.8 Å². The number of likely N-dealkylation sites (tertiary alicyclic amines) is 1. The van der Waals surface area contributed by atoms with Gasteiger partial charge in [-0.05, 0) is 25.0 Å². The molecule has 1 aliphatic rings. The number of nitrogens with one attached hydrogen (secondary N) is 1. The van der Waals surface area contributed by atoms with Crippen molar-refractivity contribution in [2.75, 3.05) is 19.6 Å². The molecule has 2 rings (SSSR count). The largest absolute Gasteiger partial charge is 0.467 e. The summed E-state index contributed by atoms with van der Waals surface area (Å²) in [4.78, 5) is 17.9. The maximum Gasteiger partial charge on any atom is 0.242 e. The molecule has 1 fully saturated rings. The van der Waals surface area contributed by atoms with E-state index in [2.05, 4.69) is 15.2 Å². The van der Waals surface area contributed by atoms with Gasteiger partial charge in [0.25, 0.3) is 0 Å². The van der Waals surface area contributed by atoms with E-state index in [0.717, 1.165) is 31.7 Å². The molecule has 118 valence electrons. The molecule has 0 aliphatic carbocycles. The van der Waals surface area contributed by atoms with Gasteiger partial charge >= 0.3 is 0 Å². The van der Waals surface area contributed by atoms with Crippen LogP contribution in [0.25, 0.3) is 0 Å². The molecule has 0 spiro atoms. The average Bonchev–Trinajstić information content (AvgIpc) is 2.83. The number of rotatable bonds is 4. The van der Waals surface area contributed by atoms with Gasteiger partial charge in [0.15, 0.2) is 5.96 Å². The summed E-state index contributed by atoms with van der Waals surface area (Å²) in [7, 11) is 0. The summed E-state index contributed by atoms with van der Waals surface area (Å²) in [5.74, 6) is 1.04. The van der Waals surface area contributed by atoms with Crippen LogP contribution in [0.2, 0.25) is 0 Å². The molecule has 0 atom stereocenters.